The number of hydrogen-bond acceptors (Lipinski definition) is 3. The first-order valence-electron chi connectivity index (χ1n) is 9.05. The Bertz CT molecular complexity index is 550. The van der Waals surface area contributed by atoms with Crippen molar-refractivity contribution in [3.8, 4) is 0 Å². The highest BCUT2D eigenvalue weighted by molar-refractivity contribution is 5.85. The molecule has 122 valence electrons. The molecule has 0 aromatic rings. The Morgan fingerprint density at radius 3 is 2.86 bits per heavy atom. The van der Waals surface area contributed by atoms with Crippen LogP contribution >= 0.6 is 0 Å². The van der Waals surface area contributed by atoms with Crippen LogP contribution < -0.4 is 5.32 Å². The number of rotatable bonds is 0. The zero-order chi connectivity index (χ0) is 15.3. The summed E-state index contributed by atoms with van der Waals surface area (Å²) in [5.41, 5.74) is 0.00297. The van der Waals surface area contributed by atoms with Gasteiger partial charge < -0.3 is 15.2 Å². The Morgan fingerprint density at radius 2 is 2.05 bits per heavy atom. The van der Waals surface area contributed by atoms with Crippen LogP contribution in [-0.4, -0.2) is 35.4 Å². The largest absolute Gasteiger partial charge is 0.393 e. The molecule has 0 unspecified atom stereocenters. The van der Waals surface area contributed by atoms with Crippen LogP contribution in [0.4, 0.5) is 0 Å². The third-order valence-corrected chi connectivity index (χ3v) is 8.45. The van der Waals surface area contributed by atoms with Crippen molar-refractivity contribution < 1.29 is 14.6 Å². The van der Waals surface area contributed by atoms with E-state index in [-0.39, 0.29) is 28.4 Å². The molecule has 4 nitrogen and oxygen atoms in total. The fraction of sp³-hybridized carbons (Fsp3) is 0.944. The fourth-order valence-corrected chi connectivity index (χ4v) is 7.04. The van der Waals surface area contributed by atoms with E-state index < -0.39 is 0 Å². The Labute approximate surface area is 132 Å². The SMILES string of the molecule is C[C@]12CC[C@H]3[C@@H](C[C@@H]4O[C@]45C[C@@H](O)CC[C@]35C)[C@@H]1CNC2=O. The van der Waals surface area contributed by atoms with E-state index in [2.05, 4.69) is 19.2 Å². The third-order valence-electron chi connectivity index (χ3n) is 8.45. The number of epoxide rings is 1. The second kappa shape index (κ2) is 3.89. The minimum absolute atomic E-state index is 0.0460. The number of carbonyl (C=O) groups is 1. The molecule has 2 aliphatic heterocycles. The predicted octanol–water partition coefficient (Wildman–Crippen LogP) is 1.86. The van der Waals surface area contributed by atoms with Crippen LogP contribution in [0.15, 0.2) is 0 Å². The molecule has 0 aromatic carbocycles. The van der Waals surface area contributed by atoms with Crippen LogP contribution in [-0.2, 0) is 9.53 Å². The summed E-state index contributed by atoms with van der Waals surface area (Å²) in [5, 5.41) is 13.3. The first kappa shape index (κ1) is 13.8. The molecular formula is C18H27NO3. The van der Waals surface area contributed by atoms with Gasteiger partial charge in [0.05, 0.1) is 17.6 Å². The molecule has 2 N–H and O–H groups in total. The van der Waals surface area contributed by atoms with E-state index in [0.29, 0.717) is 23.9 Å². The maximum atomic E-state index is 12.3. The summed E-state index contributed by atoms with van der Waals surface area (Å²) in [7, 11) is 0. The van der Waals surface area contributed by atoms with Crippen LogP contribution in [0.25, 0.3) is 0 Å². The minimum Gasteiger partial charge on any atom is -0.393 e. The van der Waals surface area contributed by atoms with Crippen molar-refractivity contribution in [1.29, 1.82) is 0 Å². The summed E-state index contributed by atoms with van der Waals surface area (Å²) in [4.78, 5) is 12.3. The van der Waals surface area contributed by atoms with E-state index in [9.17, 15) is 9.90 Å². The maximum absolute atomic E-state index is 12.3. The topological polar surface area (TPSA) is 61.9 Å². The number of carbonyl (C=O) groups excluding carboxylic acids is 1. The zero-order valence-corrected chi connectivity index (χ0v) is 13.6. The molecule has 2 heterocycles. The summed E-state index contributed by atoms with van der Waals surface area (Å²) in [5.74, 6) is 2.02. The Hall–Kier alpha value is -0.610. The Morgan fingerprint density at radius 1 is 1.23 bits per heavy atom. The number of nitrogens with one attached hydrogen (secondary N) is 1. The highest BCUT2D eigenvalue weighted by Gasteiger charge is 2.76. The Kier molecular flexibility index (Phi) is 2.44. The van der Waals surface area contributed by atoms with Crippen LogP contribution in [0.1, 0.15) is 52.4 Å². The second-order valence-electron chi connectivity index (χ2n) is 9.09. The van der Waals surface area contributed by atoms with Gasteiger partial charge in [-0.25, -0.2) is 0 Å². The van der Waals surface area contributed by atoms with Gasteiger partial charge in [-0.2, -0.15) is 0 Å². The number of aliphatic hydroxyl groups is 1. The maximum Gasteiger partial charge on any atom is 0.226 e. The summed E-state index contributed by atoms with van der Waals surface area (Å²) < 4.78 is 6.28. The van der Waals surface area contributed by atoms with E-state index in [4.69, 9.17) is 4.74 Å². The van der Waals surface area contributed by atoms with Crippen molar-refractivity contribution in [3.05, 3.63) is 0 Å². The molecule has 3 saturated carbocycles. The summed E-state index contributed by atoms with van der Waals surface area (Å²) in [6.45, 7) is 5.45. The molecule has 1 amide bonds. The average molecular weight is 305 g/mol. The first-order chi connectivity index (χ1) is 10.4. The second-order valence-corrected chi connectivity index (χ2v) is 9.09. The van der Waals surface area contributed by atoms with Gasteiger partial charge in [-0.3, -0.25) is 4.79 Å². The molecule has 3 aliphatic carbocycles. The lowest BCUT2D eigenvalue weighted by Crippen LogP contribution is -2.58. The van der Waals surface area contributed by atoms with Crippen molar-refractivity contribution in [2.24, 2.45) is 28.6 Å². The number of hydrogen-bond donors (Lipinski definition) is 2. The third kappa shape index (κ3) is 1.36. The van der Waals surface area contributed by atoms with Crippen LogP contribution in [0.5, 0.6) is 0 Å². The van der Waals surface area contributed by atoms with Gasteiger partial charge in [0.15, 0.2) is 0 Å². The predicted molar refractivity (Wildman–Crippen MR) is 81.0 cm³/mol. The lowest BCUT2D eigenvalue weighted by molar-refractivity contribution is -0.138. The summed E-state index contributed by atoms with van der Waals surface area (Å²) >= 11 is 0. The molecular weight excluding hydrogens is 278 g/mol. The lowest BCUT2D eigenvalue weighted by Gasteiger charge is -2.57. The minimum atomic E-state index is -0.182. The van der Waals surface area contributed by atoms with Crippen molar-refractivity contribution in [2.75, 3.05) is 6.54 Å². The molecule has 8 atom stereocenters. The first-order valence-corrected chi connectivity index (χ1v) is 9.05. The highest BCUT2D eigenvalue weighted by Crippen LogP contribution is 2.72. The molecule has 1 spiro atoms. The van der Waals surface area contributed by atoms with Crippen molar-refractivity contribution in [1.82, 2.24) is 5.32 Å². The van der Waals surface area contributed by atoms with E-state index in [1.54, 1.807) is 0 Å². The molecule has 5 rings (SSSR count). The van der Waals surface area contributed by atoms with Gasteiger partial charge in [-0.05, 0) is 49.9 Å². The van der Waals surface area contributed by atoms with Crippen molar-refractivity contribution in [3.63, 3.8) is 0 Å². The van der Waals surface area contributed by atoms with E-state index in [0.717, 1.165) is 45.1 Å². The summed E-state index contributed by atoms with van der Waals surface area (Å²) in [6.07, 6.45) is 6.23. The zero-order valence-electron chi connectivity index (χ0n) is 13.6. The molecule has 22 heavy (non-hydrogen) atoms. The fourth-order valence-electron chi connectivity index (χ4n) is 7.04. The van der Waals surface area contributed by atoms with Gasteiger partial charge in [0.25, 0.3) is 0 Å². The van der Waals surface area contributed by atoms with E-state index in [1.807, 2.05) is 0 Å². The average Bonchev–Trinajstić information content (AvgIpc) is 3.08. The van der Waals surface area contributed by atoms with Crippen molar-refractivity contribution in [2.45, 2.75) is 70.2 Å². The van der Waals surface area contributed by atoms with Crippen molar-refractivity contribution >= 4 is 5.91 Å². The molecule has 0 bridgehead atoms. The standard InChI is InChI=1S/C18H27NO3/c1-16-5-4-12-11(13(16)9-19-15(16)21)7-14-18(22-14)8-10(20)3-6-17(12,18)2/h10-14,20H,3-9H2,1-2H3,(H,19,21)/t10-,11+,12-,13-,14-,16-,17+,18+/m0/s1. The Balaban J connectivity index is 1.53. The number of amides is 1. The molecule has 2 saturated heterocycles. The number of aliphatic hydroxyl groups excluding tert-OH is 1. The summed E-state index contributed by atoms with van der Waals surface area (Å²) in [6, 6.07) is 0. The molecule has 5 fully saturated rings. The van der Waals surface area contributed by atoms with Gasteiger partial charge in [0.2, 0.25) is 5.91 Å². The molecule has 0 aromatic heterocycles. The smallest absolute Gasteiger partial charge is 0.226 e. The quantitative estimate of drug-likeness (QED) is 0.672. The highest BCUT2D eigenvalue weighted by atomic mass is 16.6. The van der Waals surface area contributed by atoms with Gasteiger partial charge in [-0.1, -0.05) is 13.8 Å². The lowest BCUT2D eigenvalue weighted by atomic mass is 9.45. The van der Waals surface area contributed by atoms with Gasteiger partial charge in [0, 0.05) is 18.4 Å². The van der Waals surface area contributed by atoms with Crippen LogP contribution in [0, 0.1) is 28.6 Å². The normalized spacial score (nSPS) is 62.3. The van der Waals surface area contributed by atoms with Gasteiger partial charge in [0.1, 0.15) is 5.60 Å². The van der Waals surface area contributed by atoms with E-state index >= 15 is 0 Å². The van der Waals surface area contributed by atoms with E-state index in [1.165, 1.54) is 0 Å². The van der Waals surface area contributed by atoms with Gasteiger partial charge >= 0.3 is 0 Å². The number of fused-ring (bicyclic) bond motifs is 4. The monoisotopic (exact) mass is 305 g/mol. The van der Waals surface area contributed by atoms with Gasteiger partial charge in [-0.15, -0.1) is 0 Å². The molecule has 5 aliphatic rings. The molecule has 0 radical (unpaired) electrons. The van der Waals surface area contributed by atoms with Crippen LogP contribution in [0.2, 0.25) is 0 Å². The van der Waals surface area contributed by atoms with Crippen LogP contribution in [0.3, 0.4) is 0 Å². The molecule has 4 heteroatoms. The number of ether oxygens (including phenoxy) is 1.